The first-order valence-electron chi connectivity index (χ1n) is 8.15. The number of unbranched alkanes of at least 4 members (excludes halogenated alkanes) is 1. The molecular formula is C18H25N3O2S. The van der Waals surface area contributed by atoms with Gasteiger partial charge in [0.1, 0.15) is 5.75 Å². The molecule has 1 aromatic carbocycles. The molecule has 0 bridgehead atoms. The van der Waals surface area contributed by atoms with E-state index in [1.807, 2.05) is 31.2 Å². The van der Waals surface area contributed by atoms with Gasteiger partial charge in [0.05, 0.1) is 18.6 Å². The minimum absolute atomic E-state index is 0.0366. The Kier molecular flexibility index (Phi) is 6.73. The largest absolute Gasteiger partial charge is 0.497 e. The second-order valence-electron chi connectivity index (χ2n) is 5.64. The third-order valence-electron chi connectivity index (χ3n) is 3.86. The Morgan fingerprint density at radius 1 is 1.29 bits per heavy atom. The van der Waals surface area contributed by atoms with Crippen molar-refractivity contribution in [3.05, 3.63) is 35.7 Å². The lowest BCUT2D eigenvalue weighted by Crippen LogP contribution is -2.14. The number of hydrogen-bond donors (Lipinski definition) is 1. The van der Waals surface area contributed by atoms with Crippen LogP contribution in [0, 0.1) is 13.8 Å². The maximum Gasteiger partial charge on any atom is 0.234 e. The monoisotopic (exact) mass is 347 g/mol. The molecule has 0 unspecified atom stereocenters. The van der Waals surface area contributed by atoms with Crippen molar-refractivity contribution in [1.82, 2.24) is 9.55 Å². The molecule has 2 rings (SSSR count). The van der Waals surface area contributed by atoms with Crippen LogP contribution in [-0.4, -0.2) is 28.3 Å². The van der Waals surface area contributed by atoms with Crippen LogP contribution in [-0.2, 0) is 11.3 Å². The van der Waals surface area contributed by atoms with Crippen molar-refractivity contribution in [1.29, 1.82) is 0 Å². The van der Waals surface area contributed by atoms with Crippen molar-refractivity contribution in [2.24, 2.45) is 0 Å². The fourth-order valence-corrected chi connectivity index (χ4v) is 3.23. The standard InChI is InChI=1S/C18H25N3O2S/c1-5-6-11-21-14(3)13(2)19-18(21)24-12-17(22)20-15-7-9-16(23-4)10-8-15/h7-10H,5-6,11-12H2,1-4H3,(H,20,22). The number of hydrogen-bond acceptors (Lipinski definition) is 4. The van der Waals surface area contributed by atoms with E-state index in [9.17, 15) is 4.79 Å². The smallest absolute Gasteiger partial charge is 0.234 e. The van der Waals surface area contributed by atoms with Crippen LogP contribution in [0.5, 0.6) is 5.75 Å². The van der Waals surface area contributed by atoms with E-state index in [2.05, 4.69) is 28.7 Å². The molecule has 24 heavy (non-hydrogen) atoms. The minimum atomic E-state index is -0.0366. The van der Waals surface area contributed by atoms with Crippen LogP contribution >= 0.6 is 11.8 Å². The summed E-state index contributed by atoms with van der Waals surface area (Å²) in [7, 11) is 1.62. The fraction of sp³-hybridized carbons (Fsp3) is 0.444. The van der Waals surface area contributed by atoms with E-state index < -0.39 is 0 Å². The second kappa shape index (κ2) is 8.78. The summed E-state index contributed by atoms with van der Waals surface area (Å²) in [4.78, 5) is 16.8. The molecule has 0 saturated heterocycles. The highest BCUT2D eigenvalue weighted by molar-refractivity contribution is 7.99. The van der Waals surface area contributed by atoms with Crippen LogP contribution in [0.2, 0.25) is 0 Å². The van der Waals surface area contributed by atoms with Gasteiger partial charge < -0.3 is 14.6 Å². The third-order valence-corrected chi connectivity index (χ3v) is 4.84. The first-order valence-corrected chi connectivity index (χ1v) is 9.14. The number of carbonyl (C=O) groups is 1. The number of aromatic nitrogens is 2. The van der Waals surface area contributed by atoms with Crippen LogP contribution < -0.4 is 10.1 Å². The van der Waals surface area contributed by atoms with E-state index >= 15 is 0 Å². The van der Waals surface area contributed by atoms with Gasteiger partial charge in [-0.3, -0.25) is 4.79 Å². The average Bonchev–Trinajstić information content (AvgIpc) is 2.86. The topological polar surface area (TPSA) is 56.2 Å². The quantitative estimate of drug-likeness (QED) is 0.732. The van der Waals surface area contributed by atoms with Crippen LogP contribution in [0.4, 0.5) is 5.69 Å². The normalized spacial score (nSPS) is 10.7. The van der Waals surface area contributed by atoms with Gasteiger partial charge in [0.15, 0.2) is 5.16 Å². The van der Waals surface area contributed by atoms with E-state index in [0.29, 0.717) is 5.75 Å². The van der Waals surface area contributed by atoms with Crippen molar-refractivity contribution >= 4 is 23.4 Å². The lowest BCUT2D eigenvalue weighted by molar-refractivity contribution is -0.113. The van der Waals surface area contributed by atoms with Crippen molar-refractivity contribution in [2.45, 2.75) is 45.3 Å². The molecule has 0 aliphatic carbocycles. The maximum absolute atomic E-state index is 12.2. The number of ether oxygens (including phenoxy) is 1. The minimum Gasteiger partial charge on any atom is -0.497 e. The number of aryl methyl sites for hydroxylation is 1. The van der Waals surface area contributed by atoms with Gasteiger partial charge in [0.25, 0.3) is 0 Å². The lowest BCUT2D eigenvalue weighted by atomic mass is 10.3. The van der Waals surface area contributed by atoms with Crippen LogP contribution in [0.1, 0.15) is 31.2 Å². The predicted molar refractivity (Wildman–Crippen MR) is 99.0 cm³/mol. The van der Waals surface area contributed by atoms with E-state index in [1.165, 1.54) is 17.5 Å². The zero-order valence-electron chi connectivity index (χ0n) is 14.8. The van der Waals surface area contributed by atoms with Gasteiger partial charge in [-0.1, -0.05) is 25.1 Å². The Morgan fingerprint density at radius 2 is 2.00 bits per heavy atom. The number of carbonyl (C=O) groups excluding carboxylic acids is 1. The average molecular weight is 347 g/mol. The zero-order chi connectivity index (χ0) is 17.5. The first kappa shape index (κ1) is 18.4. The van der Waals surface area contributed by atoms with Crippen LogP contribution in [0.25, 0.3) is 0 Å². The second-order valence-corrected chi connectivity index (χ2v) is 6.58. The molecule has 0 fully saturated rings. The summed E-state index contributed by atoms with van der Waals surface area (Å²) < 4.78 is 7.32. The SMILES string of the molecule is CCCCn1c(SCC(=O)Nc2ccc(OC)cc2)nc(C)c1C. The van der Waals surface area contributed by atoms with Crippen LogP contribution in [0.15, 0.2) is 29.4 Å². The van der Waals surface area contributed by atoms with Crippen LogP contribution in [0.3, 0.4) is 0 Å². The van der Waals surface area contributed by atoms with Crippen molar-refractivity contribution in [2.75, 3.05) is 18.2 Å². The number of amides is 1. The molecule has 0 aliphatic heterocycles. The molecular weight excluding hydrogens is 322 g/mol. The molecule has 0 spiro atoms. The summed E-state index contributed by atoms with van der Waals surface area (Å²) in [5, 5.41) is 3.81. The molecule has 0 aliphatic rings. The molecule has 1 heterocycles. The zero-order valence-corrected chi connectivity index (χ0v) is 15.6. The number of anilines is 1. The van der Waals surface area contributed by atoms with E-state index in [1.54, 1.807) is 7.11 Å². The first-order chi connectivity index (χ1) is 11.5. The summed E-state index contributed by atoms with van der Waals surface area (Å²) >= 11 is 1.48. The number of thioether (sulfide) groups is 1. The van der Waals surface area contributed by atoms with Crippen molar-refractivity contribution < 1.29 is 9.53 Å². The van der Waals surface area contributed by atoms with Gasteiger partial charge in [-0.15, -0.1) is 0 Å². The van der Waals surface area contributed by atoms with E-state index in [-0.39, 0.29) is 5.91 Å². The molecule has 1 aromatic heterocycles. The molecule has 0 saturated carbocycles. The molecule has 6 heteroatoms. The Hall–Kier alpha value is -1.95. The summed E-state index contributed by atoms with van der Waals surface area (Å²) in [5.74, 6) is 1.07. The highest BCUT2D eigenvalue weighted by atomic mass is 32.2. The summed E-state index contributed by atoms with van der Waals surface area (Å²) in [5.41, 5.74) is 2.98. The molecule has 1 amide bonds. The summed E-state index contributed by atoms with van der Waals surface area (Å²) in [6, 6.07) is 7.32. The number of nitrogens with one attached hydrogen (secondary N) is 1. The maximum atomic E-state index is 12.2. The Morgan fingerprint density at radius 3 is 2.62 bits per heavy atom. The molecule has 0 radical (unpaired) electrons. The van der Waals surface area contributed by atoms with E-state index in [0.717, 1.165) is 41.7 Å². The van der Waals surface area contributed by atoms with Gasteiger partial charge in [0.2, 0.25) is 5.91 Å². The fourth-order valence-electron chi connectivity index (χ4n) is 2.31. The van der Waals surface area contributed by atoms with Gasteiger partial charge in [-0.25, -0.2) is 4.98 Å². The molecule has 0 atom stereocenters. The van der Waals surface area contributed by atoms with E-state index in [4.69, 9.17) is 4.74 Å². The Bertz CT molecular complexity index is 680. The Balaban J connectivity index is 1.94. The highest BCUT2D eigenvalue weighted by Gasteiger charge is 2.13. The number of imidazole rings is 1. The predicted octanol–water partition coefficient (Wildman–Crippen LogP) is 4.04. The van der Waals surface area contributed by atoms with Crippen molar-refractivity contribution in [3.63, 3.8) is 0 Å². The lowest BCUT2D eigenvalue weighted by Gasteiger charge is -2.09. The van der Waals surface area contributed by atoms with Gasteiger partial charge in [-0.05, 0) is 44.5 Å². The van der Waals surface area contributed by atoms with Crippen molar-refractivity contribution in [3.8, 4) is 5.75 Å². The van der Waals surface area contributed by atoms with Gasteiger partial charge in [0, 0.05) is 17.9 Å². The molecule has 2 aromatic rings. The Labute approximate surface area is 147 Å². The van der Waals surface area contributed by atoms with Gasteiger partial charge >= 0.3 is 0 Å². The number of rotatable bonds is 8. The summed E-state index contributed by atoms with van der Waals surface area (Å²) in [6.45, 7) is 7.22. The highest BCUT2D eigenvalue weighted by Crippen LogP contribution is 2.22. The molecule has 1 N–H and O–H groups in total. The van der Waals surface area contributed by atoms with Gasteiger partial charge in [-0.2, -0.15) is 0 Å². The summed E-state index contributed by atoms with van der Waals surface area (Å²) in [6.07, 6.45) is 2.25. The third kappa shape index (κ3) is 4.77. The number of nitrogens with zero attached hydrogens (tertiary/aromatic N) is 2. The molecule has 130 valence electrons. The number of benzene rings is 1. The molecule has 5 nitrogen and oxygen atoms in total. The number of methoxy groups -OCH3 is 1.